The van der Waals surface area contributed by atoms with Gasteiger partial charge in [0.1, 0.15) is 12.4 Å². The molecule has 0 bridgehead atoms. The van der Waals surface area contributed by atoms with E-state index in [0.717, 1.165) is 11.1 Å². The SMILES string of the molecule is Cc1ccccc1COc1ccc(S(=O)(=O)CN(O)C(=O)C2=CC3OC(=O)OC3C2)cc1. The van der Waals surface area contributed by atoms with Gasteiger partial charge in [0.2, 0.25) is 0 Å². The lowest BCUT2D eigenvalue weighted by atomic mass is 10.1. The fourth-order valence-electron chi connectivity index (χ4n) is 3.48. The number of ether oxygens (including phenoxy) is 3. The first kappa shape index (κ1) is 21.8. The number of hydroxylamine groups is 2. The van der Waals surface area contributed by atoms with Crippen LogP contribution in [0.15, 0.2) is 65.1 Å². The Balaban J connectivity index is 1.37. The predicted octanol–water partition coefficient (Wildman–Crippen LogP) is 2.76. The van der Waals surface area contributed by atoms with E-state index in [9.17, 15) is 23.2 Å². The van der Waals surface area contributed by atoms with Gasteiger partial charge in [-0.15, -0.1) is 0 Å². The molecule has 1 aliphatic carbocycles. The molecule has 2 atom stereocenters. The molecule has 4 rings (SSSR count). The van der Waals surface area contributed by atoms with Crippen LogP contribution in [0.2, 0.25) is 0 Å². The molecule has 1 aliphatic heterocycles. The Morgan fingerprint density at radius 2 is 1.88 bits per heavy atom. The van der Waals surface area contributed by atoms with Crippen LogP contribution >= 0.6 is 0 Å². The Morgan fingerprint density at radius 3 is 2.56 bits per heavy atom. The minimum atomic E-state index is -4.00. The lowest BCUT2D eigenvalue weighted by molar-refractivity contribution is -0.156. The Labute approximate surface area is 184 Å². The summed E-state index contributed by atoms with van der Waals surface area (Å²) in [6.07, 6.45) is -0.775. The third-order valence-electron chi connectivity index (χ3n) is 5.27. The molecular weight excluding hydrogens is 438 g/mol. The zero-order valence-electron chi connectivity index (χ0n) is 17.1. The van der Waals surface area contributed by atoms with Gasteiger partial charge in [0.25, 0.3) is 5.91 Å². The van der Waals surface area contributed by atoms with Gasteiger partial charge in [0, 0.05) is 12.0 Å². The van der Waals surface area contributed by atoms with E-state index in [-0.39, 0.29) is 22.0 Å². The number of rotatable bonds is 7. The summed E-state index contributed by atoms with van der Waals surface area (Å²) < 4.78 is 40.7. The zero-order chi connectivity index (χ0) is 22.9. The predicted molar refractivity (Wildman–Crippen MR) is 110 cm³/mol. The number of hydrogen-bond acceptors (Lipinski definition) is 8. The maximum Gasteiger partial charge on any atom is 0.509 e. The van der Waals surface area contributed by atoms with Crippen molar-refractivity contribution in [2.24, 2.45) is 0 Å². The molecule has 2 aliphatic rings. The minimum Gasteiger partial charge on any atom is -0.489 e. The third kappa shape index (κ3) is 4.61. The minimum absolute atomic E-state index is 0.0409. The van der Waals surface area contributed by atoms with Gasteiger partial charge in [-0.3, -0.25) is 10.0 Å². The number of hydrogen-bond donors (Lipinski definition) is 1. The fourth-order valence-corrected chi connectivity index (χ4v) is 4.62. The molecule has 0 spiro atoms. The van der Waals surface area contributed by atoms with Gasteiger partial charge in [0.15, 0.2) is 27.9 Å². The van der Waals surface area contributed by atoms with Gasteiger partial charge in [-0.2, -0.15) is 0 Å². The quantitative estimate of drug-likeness (QED) is 0.381. The first-order chi connectivity index (χ1) is 15.2. The lowest BCUT2D eigenvalue weighted by Crippen LogP contribution is -2.33. The summed E-state index contributed by atoms with van der Waals surface area (Å²) in [5, 5.41) is 10.2. The highest BCUT2D eigenvalue weighted by molar-refractivity contribution is 7.91. The standard InChI is InChI=1S/C22H21NO8S/c1-14-4-2-3-5-15(14)12-29-17-6-8-18(9-7-17)32(27,28)13-23(26)21(24)16-10-19-20(11-16)31-22(25)30-19/h2-10,19-20,26H,11-13H2,1H3. The highest BCUT2D eigenvalue weighted by Gasteiger charge is 2.42. The molecule has 10 heteroatoms. The molecule has 1 saturated heterocycles. The Kier molecular flexibility index (Phi) is 5.90. The molecule has 1 N–H and O–H groups in total. The molecule has 0 radical (unpaired) electrons. The van der Waals surface area contributed by atoms with E-state index in [1.165, 1.54) is 30.3 Å². The zero-order valence-corrected chi connectivity index (χ0v) is 17.9. The molecule has 1 fully saturated rings. The molecule has 1 amide bonds. The van der Waals surface area contributed by atoms with Crippen LogP contribution < -0.4 is 4.74 Å². The van der Waals surface area contributed by atoms with Crippen LogP contribution in [0.3, 0.4) is 0 Å². The van der Waals surface area contributed by atoms with Gasteiger partial charge in [-0.25, -0.2) is 18.3 Å². The number of aryl methyl sites for hydroxylation is 1. The van der Waals surface area contributed by atoms with Gasteiger partial charge in [-0.1, -0.05) is 24.3 Å². The van der Waals surface area contributed by atoms with Crippen molar-refractivity contribution in [2.75, 3.05) is 5.88 Å². The van der Waals surface area contributed by atoms with E-state index in [2.05, 4.69) is 0 Å². The van der Waals surface area contributed by atoms with Crippen molar-refractivity contribution >= 4 is 21.9 Å². The van der Waals surface area contributed by atoms with Crippen LogP contribution in [-0.4, -0.2) is 48.8 Å². The summed E-state index contributed by atoms with van der Waals surface area (Å²) >= 11 is 0. The van der Waals surface area contributed by atoms with Crippen LogP contribution in [0.1, 0.15) is 17.5 Å². The Bertz CT molecular complexity index is 1170. The molecule has 32 heavy (non-hydrogen) atoms. The maximum atomic E-state index is 12.6. The Morgan fingerprint density at radius 1 is 1.16 bits per heavy atom. The van der Waals surface area contributed by atoms with Crippen molar-refractivity contribution in [3.05, 3.63) is 71.3 Å². The number of nitrogens with zero attached hydrogens (tertiary/aromatic N) is 1. The van der Waals surface area contributed by atoms with Crippen molar-refractivity contribution < 1.29 is 37.4 Å². The second-order valence-corrected chi connectivity index (χ2v) is 9.48. The topological polar surface area (TPSA) is 119 Å². The van der Waals surface area contributed by atoms with Crippen molar-refractivity contribution in [3.8, 4) is 5.75 Å². The van der Waals surface area contributed by atoms with E-state index in [1.54, 1.807) is 0 Å². The largest absolute Gasteiger partial charge is 0.509 e. The molecule has 9 nitrogen and oxygen atoms in total. The summed E-state index contributed by atoms with van der Waals surface area (Å²) in [5.41, 5.74) is 2.22. The van der Waals surface area contributed by atoms with Gasteiger partial charge >= 0.3 is 6.16 Å². The second-order valence-electron chi connectivity index (χ2n) is 7.52. The van der Waals surface area contributed by atoms with Crippen LogP contribution in [0.25, 0.3) is 0 Å². The third-order valence-corrected chi connectivity index (χ3v) is 6.85. The highest BCUT2D eigenvalue weighted by atomic mass is 32.2. The normalized spacial score (nSPS) is 19.6. The number of amides is 1. The van der Waals surface area contributed by atoms with Crippen molar-refractivity contribution in [1.29, 1.82) is 0 Å². The van der Waals surface area contributed by atoms with E-state index >= 15 is 0 Å². The van der Waals surface area contributed by atoms with E-state index in [1.807, 2.05) is 31.2 Å². The molecule has 2 unspecified atom stereocenters. The number of sulfone groups is 1. The molecule has 0 saturated carbocycles. The molecule has 2 aromatic rings. The maximum absolute atomic E-state index is 12.6. The van der Waals surface area contributed by atoms with Gasteiger partial charge < -0.3 is 14.2 Å². The smallest absolute Gasteiger partial charge is 0.489 e. The second kappa shape index (κ2) is 8.64. The number of carbonyl (C=O) groups is 2. The van der Waals surface area contributed by atoms with E-state index in [4.69, 9.17) is 14.2 Å². The monoisotopic (exact) mass is 459 g/mol. The van der Waals surface area contributed by atoms with E-state index in [0.29, 0.717) is 12.4 Å². The van der Waals surface area contributed by atoms with Gasteiger partial charge in [0.05, 0.1) is 4.90 Å². The summed E-state index contributed by atoms with van der Waals surface area (Å²) in [6.45, 7) is 2.32. The average molecular weight is 459 g/mol. The summed E-state index contributed by atoms with van der Waals surface area (Å²) in [6, 6.07) is 13.5. The van der Waals surface area contributed by atoms with Crippen molar-refractivity contribution in [2.45, 2.75) is 37.1 Å². The van der Waals surface area contributed by atoms with E-state index < -0.39 is 40.0 Å². The fraction of sp³-hybridized carbons (Fsp3) is 0.273. The summed E-state index contributed by atoms with van der Waals surface area (Å²) in [4.78, 5) is 23.4. The summed E-state index contributed by atoms with van der Waals surface area (Å²) in [7, 11) is -4.00. The molecule has 1 heterocycles. The number of fused-ring (bicyclic) bond motifs is 1. The van der Waals surface area contributed by atoms with Crippen LogP contribution in [0.4, 0.5) is 4.79 Å². The molecular formula is C22H21NO8S. The number of carbonyl (C=O) groups excluding carboxylic acids is 2. The Hall–Kier alpha value is -3.37. The van der Waals surface area contributed by atoms with Crippen molar-refractivity contribution in [3.63, 3.8) is 0 Å². The lowest BCUT2D eigenvalue weighted by Gasteiger charge is -2.16. The first-order valence-corrected chi connectivity index (χ1v) is 11.5. The van der Waals surface area contributed by atoms with Crippen LogP contribution in [0.5, 0.6) is 5.75 Å². The number of benzene rings is 2. The van der Waals surface area contributed by atoms with Crippen LogP contribution in [0, 0.1) is 6.92 Å². The molecule has 168 valence electrons. The van der Waals surface area contributed by atoms with Crippen molar-refractivity contribution in [1.82, 2.24) is 5.06 Å². The first-order valence-electron chi connectivity index (χ1n) is 9.82. The highest BCUT2D eigenvalue weighted by Crippen LogP contribution is 2.31. The molecule has 2 aromatic carbocycles. The summed E-state index contributed by atoms with van der Waals surface area (Å²) in [5.74, 6) is -1.33. The average Bonchev–Trinajstić information content (AvgIpc) is 3.30. The molecule has 0 aromatic heterocycles. The van der Waals surface area contributed by atoms with Crippen LogP contribution in [-0.2, 0) is 30.7 Å². The van der Waals surface area contributed by atoms with Gasteiger partial charge in [-0.05, 0) is 48.4 Å².